The van der Waals surface area contributed by atoms with Gasteiger partial charge >= 0.3 is 5.97 Å². The van der Waals surface area contributed by atoms with Gasteiger partial charge in [-0.3, -0.25) is 4.79 Å². The minimum Gasteiger partial charge on any atom is -0.486 e. The Labute approximate surface area is 106 Å². The Morgan fingerprint density at radius 3 is 2.89 bits per heavy atom. The molecule has 1 aromatic carbocycles. The molecule has 1 heterocycles. The van der Waals surface area contributed by atoms with Gasteiger partial charge in [-0.15, -0.1) is 0 Å². The Morgan fingerprint density at radius 1 is 1.33 bits per heavy atom. The molecule has 0 saturated carbocycles. The molecule has 2 rings (SSSR count). The summed E-state index contributed by atoms with van der Waals surface area (Å²) in [7, 11) is 1.71. The van der Waals surface area contributed by atoms with Crippen molar-refractivity contribution in [1.82, 2.24) is 5.32 Å². The lowest BCUT2D eigenvalue weighted by atomic mass is 10.1. The van der Waals surface area contributed by atoms with Crippen LogP contribution in [0.1, 0.15) is 5.56 Å². The first kappa shape index (κ1) is 12.7. The highest BCUT2D eigenvalue weighted by atomic mass is 16.6. The molecular formula is C13H17NO4. The Morgan fingerprint density at radius 2 is 2.11 bits per heavy atom. The van der Waals surface area contributed by atoms with E-state index < -0.39 is 0 Å². The summed E-state index contributed by atoms with van der Waals surface area (Å²) in [5, 5.41) is 2.75. The summed E-state index contributed by atoms with van der Waals surface area (Å²) >= 11 is 0. The van der Waals surface area contributed by atoms with Crippen LogP contribution in [0.15, 0.2) is 18.2 Å². The van der Waals surface area contributed by atoms with Gasteiger partial charge in [0.2, 0.25) is 0 Å². The lowest BCUT2D eigenvalue weighted by Gasteiger charge is -2.18. The van der Waals surface area contributed by atoms with Crippen molar-refractivity contribution in [2.24, 2.45) is 0 Å². The van der Waals surface area contributed by atoms with E-state index in [4.69, 9.17) is 14.2 Å². The van der Waals surface area contributed by atoms with Crippen LogP contribution in [0.25, 0.3) is 0 Å². The van der Waals surface area contributed by atoms with Gasteiger partial charge in [-0.25, -0.2) is 0 Å². The number of rotatable bonds is 5. The molecule has 1 N–H and O–H groups in total. The second-order valence-corrected chi connectivity index (χ2v) is 3.98. The first-order valence-corrected chi connectivity index (χ1v) is 5.98. The minimum absolute atomic E-state index is 0.237. The average molecular weight is 251 g/mol. The van der Waals surface area contributed by atoms with Crippen LogP contribution in [0.3, 0.4) is 0 Å². The lowest BCUT2D eigenvalue weighted by molar-refractivity contribution is -0.142. The Kier molecular flexibility index (Phi) is 4.41. The molecule has 0 amide bonds. The van der Waals surface area contributed by atoms with Gasteiger partial charge in [-0.05, 0) is 24.7 Å². The summed E-state index contributed by atoms with van der Waals surface area (Å²) in [4.78, 5) is 11.1. The molecule has 0 unspecified atom stereocenters. The number of esters is 1. The average Bonchev–Trinajstić information content (AvgIpc) is 2.39. The molecule has 0 atom stereocenters. The highest BCUT2D eigenvalue weighted by Gasteiger charge is 2.11. The number of likely N-dealkylation sites (N-methyl/N-ethyl adjacent to an activating group) is 1. The fourth-order valence-electron chi connectivity index (χ4n) is 1.72. The number of hydrogen-bond acceptors (Lipinski definition) is 5. The van der Waals surface area contributed by atoms with Crippen LogP contribution >= 0.6 is 0 Å². The Bertz CT molecular complexity index is 419. The molecule has 0 saturated heterocycles. The van der Waals surface area contributed by atoms with Crippen molar-refractivity contribution < 1.29 is 19.0 Å². The molecule has 1 aromatic rings. The molecule has 0 aromatic heterocycles. The van der Waals surface area contributed by atoms with E-state index in [9.17, 15) is 4.79 Å². The molecule has 5 heteroatoms. The number of hydrogen-bond donors (Lipinski definition) is 1. The number of ether oxygens (including phenoxy) is 3. The SMILES string of the molecule is CNCC(=O)OCCc1ccc2c(c1)OCCO2. The summed E-state index contributed by atoms with van der Waals surface area (Å²) < 4.78 is 16.0. The van der Waals surface area contributed by atoms with Gasteiger partial charge in [0, 0.05) is 6.42 Å². The number of carbonyl (C=O) groups is 1. The highest BCUT2D eigenvalue weighted by Crippen LogP contribution is 2.30. The normalized spacial score (nSPS) is 13.2. The second kappa shape index (κ2) is 6.26. The fourth-order valence-corrected chi connectivity index (χ4v) is 1.72. The van der Waals surface area contributed by atoms with Crippen LogP contribution in [0.5, 0.6) is 11.5 Å². The topological polar surface area (TPSA) is 56.8 Å². The molecule has 1 aliphatic rings. The molecule has 5 nitrogen and oxygen atoms in total. The molecule has 18 heavy (non-hydrogen) atoms. The van der Waals surface area contributed by atoms with Gasteiger partial charge in [-0.1, -0.05) is 6.07 Å². The van der Waals surface area contributed by atoms with E-state index in [1.165, 1.54) is 0 Å². The third-order valence-electron chi connectivity index (χ3n) is 2.58. The Balaban J connectivity index is 1.84. The van der Waals surface area contributed by atoms with Crippen LogP contribution in [-0.2, 0) is 16.0 Å². The second-order valence-electron chi connectivity index (χ2n) is 3.98. The monoisotopic (exact) mass is 251 g/mol. The van der Waals surface area contributed by atoms with Crippen molar-refractivity contribution in [2.75, 3.05) is 33.4 Å². The summed E-state index contributed by atoms with van der Waals surface area (Å²) in [5.74, 6) is 1.30. The van der Waals surface area contributed by atoms with Gasteiger partial charge < -0.3 is 19.5 Å². The number of fused-ring (bicyclic) bond motifs is 1. The maximum absolute atomic E-state index is 11.1. The molecule has 98 valence electrons. The van der Waals surface area contributed by atoms with E-state index in [2.05, 4.69) is 5.32 Å². The van der Waals surface area contributed by atoms with E-state index in [0.29, 0.717) is 26.2 Å². The molecule has 0 fully saturated rings. The third-order valence-corrected chi connectivity index (χ3v) is 2.58. The van der Waals surface area contributed by atoms with Crippen LogP contribution in [0, 0.1) is 0 Å². The maximum atomic E-state index is 11.1. The number of benzene rings is 1. The van der Waals surface area contributed by atoms with Crippen LogP contribution in [-0.4, -0.2) is 39.4 Å². The lowest BCUT2D eigenvalue weighted by Crippen LogP contribution is -2.21. The molecular weight excluding hydrogens is 234 g/mol. The van der Waals surface area contributed by atoms with Crippen molar-refractivity contribution in [3.8, 4) is 11.5 Å². The quantitative estimate of drug-likeness (QED) is 0.783. The van der Waals surface area contributed by atoms with Crippen molar-refractivity contribution in [3.63, 3.8) is 0 Å². The first-order chi connectivity index (χ1) is 8.79. The molecule has 0 aliphatic carbocycles. The summed E-state index contributed by atoms with van der Waals surface area (Å²) in [5.41, 5.74) is 1.07. The maximum Gasteiger partial charge on any atom is 0.319 e. The van der Waals surface area contributed by atoms with Crippen LogP contribution in [0.2, 0.25) is 0 Å². The first-order valence-electron chi connectivity index (χ1n) is 5.98. The van der Waals surface area contributed by atoms with Crippen LogP contribution in [0.4, 0.5) is 0 Å². The van der Waals surface area contributed by atoms with Gasteiger partial charge in [0.05, 0.1) is 13.2 Å². The fraction of sp³-hybridized carbons (Fsp3) is 0.462. The van der Waals surface area contributed by atoms with Crippen molar-refractivity contribution in [2.45, 2.75) is 6.42 Å². The Hall–Kier alpha value is -1.75. The predicted molar refractivity (Wildman–Crippen MR) is 66.0 cm³/mol. The molecule has 0 spiro atoms. The minimum atomic E-state index is -0.241. The molecule has 0 bridgehead atoms. The molecule has 1 aliphatic heterocycles. The van der Waals surface area contributed by atoms with Crippen molar-refractivity contribution >= 4 is 5.97 Å². The summed E-state index contributed by atoms with van der Waals surface area (Å²) in [6.07, 6.45) is 0.673. The van der Waals surface area contributed by atoms with E-state index >= 15 is 0 Å². The zero-order valence-corrected chi connectivity index (χ0v) is 10.4. The largest absolute Gasteiger partial charge is 0.486 e. The molecule has 0 radical (unpaired) electrons. The van der Waals surface area contributed by atoms with E-state index in [0.717, 1.165) is 17.1 Å². The summed E-state index contributed by atoms with van der Waals surface area (Å²) in [6.45, 7) is 1.78. The van der Waals surface area contributed by atoms with Gasteiger partial charge in [0.1, 0.15) is 13.2 Å². The van der Waals surface area contributed by atoms with Gasteiger partial charge in [0.25, 0.3) is 0 Å². The number of nitrogens with one attached hydrogen (secondary N) is 1. The van der Waals surface area contributed by atoms with Gasteiger partial charge in [0.15, 0.2) is 11.5 Å². The zero-order valence-electron chi connectivity index (χ0n) is 10.4. The van der Waals surface area contributed by atoms with E-state index in [1.54, 1.807) is 7.05 Å². The van der Waals surface area contributed by atoms with Crippen LogP contribution < -0.4 is 14.8 Å². The van der Waals surface area contributed by atoms with Gasteiger partial charge in [-0.2, -0.15) is 0 Å². The standard InChI is InChI=1S/C13H17NO4/c1-14-9-13(15)18-5-4-10-2-3-11-12(8-10)17-7-6-16-11/h2-3,8,14H,4-7,9H2,1H3. The zero-order chi connectivity index (χ0) is 12.8. The third kappa shape index (κ3) is 3.37. The van der Waals surface area contributed by atoms with E-state index in [-0.39, 0.29) is 12.5 Å². The van der Waals surface area contributed by atoms with E-state index in [1.807, 2.05) is 18.2 Å². The van der Waals surface area contributed by atoms with Crippen molar-refractivity contribution in [3.05, 3.63) is 23.8 Å². The van der Waals surface area contributed by atoms with Crippen molar-refractivity contribution in [1.29, 1.82) is 0 Å². The smallest absolute Gasteiger partial charge is 0.319 e. The highest BCUT2D eigenvalue weighted by molar-refractivity contribution is 5.71. The summed E-state index contributed by atoms with van der Waals surface area (Å²) in [6, 6.07) is 5.78. The number of carbonyl (C=O) groups excluding carboxylic acids is 1. The predicted octanol–water partition coefficient (Wildman–Crippen LogP) is 0.763.